The monoisotopic (exact) mass is 228 g/mol. The first-order chi connectivity index (χ1) is 8.08. The summed E-state index contributed by atoms with van der Waals surface area (Å²) in [6.07, 6.45) is 1.76. The molecule has 3 heteroatoms. The van der Waals surface area contributed by atoms with Gasteiger partial charge in [-0.05, 0) is 42.7 Å². The van der Waals surface area contributed by atoms with E-state index in [1.54, 1.807) is 22.9 Å². The van der Waals surface area contributed by atoms with Crippen LogP contribution in [0.25, 0.3) is 0 Å². The molecule has 0 atom stereocenters. The Morgan fingerprint density at radius 3 is 2.65 bits per heavy atom. The average Bonchev–Trinajstić information content (AvgIpc) is 2.30. The van der Waals surface area contributed by atoms with Gasteiger partial charge in [-0.3, -0.25) is 4.79 Å². The predicted molar refractivity (Wildman–Crippen MR) is 70.1 cm³/mol. The number of rotatable bonds is 2. The minimum Gasteiger partial charge on any atom is -0.394 e. The Balaban J connectivity index is 2.35. The molecule has 17 heavy (non-hydrogen) atoms. The van der Waals surface area contributed by atoms with Crippen molar-refractivity contribution in [1.29, 1.82) is 0 Å². The lowest BCUT2D eigenvalue weighted by Gasteiger charge is -2.08. The van der Waals surface area contributed by atoms with Crippen molar-refractivity contribution in [2.24, 2.45) is 0 Å². The molecule has 0 aliphatic rings. The summed E-state index contributed by atoms with van der Waals surface area (Å²) in [5, 5.41) is 0. The van der Waals surface area contributed by atoms with E-state index >= 15 is 0 Å². The molecule has 1 aromatic carbocycles. The summed E-state index contributed by atoms with van der Waals surface area (Å²) in [5.74, 6) is 0. The number of hydrogen-bond acceptors (Lipinski definition) is 2. The van der Waals surface area contributed by atoms with Crippen LogP contribution >= 0.6 is 0 Å². The van der Waals surface area contributed by atoms with E-state index in [4.69, 9.17) is 5.73 Å². The van der Waals surface area contributed by atoms with Crippen LogP contribution in [0.3, 0.4) is 0 Å². The average molecular weight is 228 g/mol. The summed E-state index contributed by atoms with van der Waals surface area (Å²) < 4.78 is 1.62. The first kappa shape index (κ1) is 11.5. The molecule has 2 rings (SSSR count). The second kappa shape index (κ2) is 4.45. The van der Waals surface area contributed by atoms with Crippen LogP contribution in [0, 0.1) is 13.8 Å². The van der Waals surface area contributed by atoms with Gasteiger partial charge in [0.1, 0.15) is 0 Å². The highest BCUT2D eigenvalue weighted by molar-refractivity contribution is 5.34. The van der Waals surface area contributed by atoms with E-state index in [0.717, 1.165) is 5.56 Å². The van der Waals surface area contributed by atoms with Crippen LogP contribution in [-0.2, 0) is 6.54 Å². The van der Waals surface area contributed by atoms with Crippen molar-refractivity contribution in [3.63, 3.8) is 0 Å². The third-order valence-electron chi connectivity index (χ3n) is 2.97. The molecule has 0 aliphatic heterocycles. The third kappa shape index (κ3) is 2.38. The minimum absolute atomic E-state index is 0.134. The molecule has 0 bridgehead atoms. The number of anilines is 1. The molecule has 0 saturated heterocycles. The first-order valence-corrected chi connectivity index (χ1v) is 5.59. The van der Waals surface area contributed by atoms with Crippen molar-refractivity contribution < 1.29 is 0 Å². The Kier molecular flexibility index (Phi) is 3.00. The lowest BCUT2D eigenvalue weighted by molar-refractivity contribution is 0.761. The summed E-state index contributed by atoms with van der Waals surface area (Å²) in [7, 11) is 0. The van der Waals surface area contributed by atoms with E-state index < -0.39 is 0 Å². The molecule has 1 aromatic heterocycles. The SMILES string of the molecule is Cc1ccc(Cn2cccc(N)c2=O)cc1C. The van der Waals surface area contributed by atoms with Gasteiger partial charge in [-0.1, -0.05) is 18.2 Å². The zero-order valence-corrected chi connectivity index (χ0v) is 10.1. The number of nitrogen functional groups attached to an aromatic ring is 1. The molecule has 0 saturated carbocycles. The van der Waals surface area contributed by atoms with Gasteiger partial charge in [0.15, 0.2) is 0 Å². The Bertz CT molecular complexity index is 599. The quantitative estimate of drug-likeness (QED) is 0.855. The molecular weight excluding hydrogens is 212 g/mol. The predicted octanol–water partition coefficient (Wildman–Crippen LogP) is 2.10. The normalized spacial score (nSPS) is 10.5. The number of nitrogens with zero attached hydrogens (tertiary/aromatic N) is 1. The van der Waals surface area contributed by atoms with Crippen LogP contribution in [0.15, 0.2) is 41.3 Å². The number of nitrogens with two attached hydrogens (primary N) is 1. The zero-order valence-electron chi connectivity index (χ0n) is 10.1. The molecular formula is C14H16N2O. The first-order valence-electron chi connectivity index (χ1n) is 5.59. The fraction of sp³-hybridized carbons (Fsp3) is 0.214. The fourth-order valence-electron chi connectivity index (χ4n) is 1.78. The second-order valence-electron chi connectivity index (χ2n) is 4.32. The van der Waals surface area contributed by atoms with Crippen LogP contribution in [0.1, 0.15) is 16.7 Å². The highest BCUT2D eigenvalue weighted by atomic mass is 16.1. The number of aryl methyl sites for hydroxylation is 2. The maximum Gasteiger partial charge on any atom is 0.273 e. The lowest BCUT2D eigenvalue weighted by Crippen LogP contribution is -2.22. The number of hydrogen-bond donors (Lipinski definition) is 1. The highest BCUT2D eigenvalue weighted by Gasteiger charge is 2.01. The van der Waals surface area contributed by atoms with Gasteiger partial charge in [-0.2, -0.15) is 0 Å². The molecule has 0 aliphatic carbocycles. The van der Waals surface area contributed by atoms with Crippen molar-refractivity contribution in [1.82, 2.24) is 4.57 Å². The van der Waals surface area contributed by atoms with Crippen LogP contribution in [0.2, 0.25) is 0 Å². The molecule has 0 radical (unpaired) electrons. The highest BCUT2D eigenvalue weighted by Crippen LogP contribution is 2.10. The van der Waals surface area contributed by atoms with Crippen LogP contribution in [-0.4, -0.2) is 4.57 Å². The van der Waals surface area contributed by atoms with E-state index in [1.165, 1.54) is 11.1 Å². The molecule has 0 fully saturated rings. The molecule has 0 amide bonds. The Hall–Kier alpha value is -2.03. The van der Waals surface area contributed by atoms with Gasteiger partial charge >= 0.3 is 0 Å². The van der Waals surface area contributed by atoms with E-state index in [1.807, 2.05) is 6.07 Å². The summed E-state index contributed by atoms with van der Waals surface area (Å²) >= 11 is 0. The van der Waals surface area contributed by atoms with Gasteiger partial charge in [0.25, 0.3) is 5.56 Å². The second-order valence-corrected chi connectivity index (χ2v) is 4.32. The standard InChI is InChI=1S/C14H16N2O/c1-10-5-6-12(8-11(10)2)9-16-7-3-4-13(15)14(16)17/h3-8H,9,15H2,1-2H3. The van der Waals surface area contributed by atoms with Crippen molar-refractivity contribution in [3.8, 4) is 0 Å². The van der Waals surface area contributed by atoms with E-state index in [0.29, 0.717) is 6.54 Å². The van der Waals surface area contributed by atoms with Crippen LogP contribution in [0.5, 0.6) is 0 Å². The molecule has 3 nitrogen and oxygen atoms in total. The number of benzene rings is 1. The van der Waals surface area contributed by atoms with E-state index in [2.05, 4.69) is 26.0 Å². The smallest absolute Gasteiger partial charge is 0.273 e. The largest absolute Gasteiger partial charge is 0.394 e. The van der Waals surface area contributed by atoms with Gasteiger partial charge in [-0.25, -0.2) is 0 Å². The van der Waals surface area contributed by atoms with Gasteiger partial charge < -0.3 is 10.3 Å². The van der Waals surface area contributed by atoms with E-state index in [-0.39, 0.29) is 11.2 Å². The third-order valence-corrected chi connectivity index (χ3v) is 2.97. The van der Waals surface area contributed by atoms with Gasteiger partial charge in [0.2, 0.25) is 0 Å². The summed E-state index contributed by atoms with van der Waals surface area (Å²) in [4.78, 5) is 11.8. The molecule has 2 aromatic rings. The van der Waals surface area contributed by atoms with Crippen molar-refractivity contribution in [3.05, 3.63) is 63.6 Å². The maximum absolute atomic E-state index is 11.8. The van der Waals surface area contributed by atoms with Crippen molar-refractivity contribution in [2.75, 3.05) is 5.73 Å². The molecule has 0 spiro atoms. The van der Waals surface area contributed by atoms with Gasteiger partial charge in [-0.15, -0.1) is 0 Å². The molecule has 88 valence electrons. The Labute approximate surface area is 101 Å². The van der Waals surface area contributed by atoms with Crippen LogP contribution < -0.4 is 11.3 Å². The van der Waals surface area contributed by atoms with Crippen molar-refractivity contribution in [2.45, 2.75) is 20.4 Å². The topological polar surface area (TPSA) is 48.0 Å². The van der Waals surface area contributed by atoms with Gasteiger partial charge in [0, 0.05) is 6.20 Å². The number of aromatic nitrogens is 1. The molecule has 1 heterocycles. The number of pyridine rings is 1. The minimum atomic E-state index is -0.134. The van der Waals surface area contributed by atoms with E-state index in [9.17, 15) is 4.79 Å². The fourth-order valence-corrected chi connectivity index (χ4v) is 1.78. The summed E-state index contributed by atoms with van der Waals surface area (Å²) in [5.41, 5.74) is 9.36. The maximum atomic E-state index is 11.8. The molecule has 2 N–H and O–H groups in total. The Morgan fingerprint density at radius 2 is 1.94 bits per heavy atom. The summed E-state index contributed by atoms with van der Waals surface area (Å²) in [6.45, 7) is 4.71. The Morgan fingerprint density at radius 1 is 1.18 bits per heavy atom. The lowest BCUT2D eigenvalue weighted by atomic mass is 10.1. The van der Waals surface area contributed by atoms with Gasteiger partial charge in [0.05, 0.1) is 12.2 Å². The molecule has 0 unspecified atom stereocenters. The van der Waals surface area contributed by atoms with Crippen molar-refractivity contribution >= 4 is 5.69 Å². The zero-order chi connectivity index (χ0) is 12.4. The van der Waals surface area contributed by atoms with Crippen LogP contribution in [0.4, 0.5) is 5.69 Å². The summed E-state index contributed by atoms with van der Waals surface area (Å²) in [6, 6.07) is 9.63.